The smallest absolute Gasteiger partial charge is 0.399 e. The highest BCUT2D eigenvalue weighted by Gasteiger charge is 2.34. The van der Waals surface area contributed by atoms with Crippen molar-refractivity contribution in [3.8, 4) is 5.75 Å². The van der Waals surface area contributed by atoms with Crippen LogP contribution in [0.3, 0.4) is 0 Å². The first-order chi connectivity index (χ1) is 12.8. The summed E-state index contributed by atoms with van der Waals surface area (Å²) in [6.07, 6.45) is 8.53. The Morgan fingerprint density at radius 3 is 2.19 bits per heavy atom. The van der Waals surface area contributed by atoms with E-state index >= 15 is 0 Å². The summed E-state index contributed by atoms with van der Waals surface area (Å²) in [5, 5.41) is 0. The molecule has 0 bridgehead atoms. The van der Waals surface area contributed by atoms with Gasteiger partial charge in [0, 0.05) is 0 Å². The van der Waals surface area contributed by atoms with Gasteiger partial charge in [-0.2, -0.15) is 0 Å². The van der Waals surface area contributed by atoms with E-state index in [4.69, 9.17) is 0 Å². The van der Waals surface area contributed by atoms with Crippen LogP contribution in [0.5, 0.6) is 5.75 Å². The summed E-state index contributed by atoms with van der Waals surface area (Å²) in [5.74, 6) is -3.37. The molecule has 0 N–H and O–H groups in total. The minimum absolute atomic E-state index is 0.0160. The molecule has 0 radical (unpaired) electrons. The minimum Gasteiger partial charge on any atom is -0.399 e. The molecule has 0 atom stereocenters. The zero-order chi connectivity index (χ0) is 19.9. The molecule has 0 amide bonds. The van der Waals surface area contributed by atoms with E-state index in [2.05, 4.69) is 23.8 Å². The molecule has 0 heterocycles. The van der Waals surface area contributed by atoms with Crippen LogP contribution in [0.15, 0.2) is 24.3 Å². The number of alkyl halides is 3. The molecule has 1 aliphatic carbocycles. The maximum atomic E-state index is 13.9. The molecule has 1 fully saturated rings. The van der Waals surface area contributed by atoms with E-state index in [1.165, 1.54) is 12.8 Å². The first-order valence-electron chi connectivity index (χ1n) is 9.69. The monoisotopic (exact) mass is 390 g/mol. The topological polar surface area (TPSA) is 9.23 Å². The largest absolute Gasteiger partial charge is 0.573 e. The molecular formula is C21H27F5O. The van der Waals surface area contributed by atoms with Gasteiger partial charge in [0.25, 0.3) is 0 Å². The van der Waals surface area contributed by atoms with E-state index in [1.54, 1.807) is 0 Å². The van der Waals surface area contributed by atoms with Gasteiger partial charge in [0.05, 0.1) is 0 Å². The van der Waals surface area contributed by atoms with Crippen LogP contribution in [0.25, 0.3) is 0 Å². The van der Waals surface area contributed by atoms with Crippen molar-refractivity contribution < 1.29 is 26.7 Å². The molecule has 0 aliphatic heterocycles. The Balaban J connectivity index is 1.84. The van der Waals surface area contributed by atoms with Crippen LogP contribution < -0.4 is 4.74 Å². The average Bonchev–Trinajstić information content (AvgIpc) is 2.61. The summed E-state index contributed by atoms with van der Waals surface area (Å²) in [6.45, 7) is 2.11. The molecule has 1 aromatic rings. The number of hydrogen-bond donors (Lipinski definition) is 0. The van der Waals surface area contributed by atoms with Crippen molar-refractivity contribution in [2.24, 2.45) is 5.92 Å². The molecule has 2 rings (SSSR count). The molecule has 1 aliphatic rings. The lowest BCUT2D eigenvalue weighted by molar-refractivity contribution is -0.276. The molecule has 0 spiro atoms. The summed E-state index contributed by atoms with van der Waals surface area (Å²) in [5.41, 5.74) is 0.419. The van der Waals surface area contributed by atoms with E-state index in [0.717, 1.165) is 57.1 Å². The van der Waals surface area contributed by atoms with Crippen LogP contribution in [0.4, 0.5) is 22.0 Å². The van der Waals surface area contributed by atoms with Gasteiger partial charge in [-0.1, -0.05) is 31.9 Å². The van der Waals surface area contributed by atoms with Crippen LogP contribution in [-0.2, 0) is 0 Å². The van der Waals surface area contributed by atoms with E-state index in [1.807, 2.05) is 0 Å². The van der Waals surface area contributed by atoms with Gasteiger partial charge < -0.3 is 4.74 Å². The van der Waals surface area contributed by atoms with E-state index in [-0.39, 0.29) is 5.92 Å². The van der Waals surface area contributed by atoms with Crippen molar-refractivity contribution in [2.45, 2.75) is 77.0 Å². The lowest BCUT2D eigenvalue weighted by atomic mass is 9.77. The second-order valence-corrected chi connectivity index (χ2v) is 7.24. The van der Waals surface area contributed by atoms with Crippen LogP contribution in [-0.4, -0.2) is 6.36 Å². The highest BCUT2D eigenvalue weighted by molar-refractivity contribution is 5.33. The Hall–Kier alpha value is -1.59. The van der Waals surface area contributed by atoms with Gasteiger partial charge in [0.1, 0.15) is 0 Å². The van der Waals surface area contributed by atoms with Gasteiger partial charge >= 0.3 is 6.36 Å². The lowest BCUT2D eigenvalue weighted by Crippen LogP contribution is -2.19. The van der Waals surface area contributed by atoms with Crippen molar-refractivity contribution in [3.63, 3.8) is 0 Å². The fourth-order valence-corrected chi connectivity index (χ4v) is 3.79. The molecule has 1 nitrogen and oxygen atoms in total. The normalized spacial score (nSPS) is 21.0. The van der Waals surface area contributed by atoms with Crippen LogP contribution >= 0.6 is 0 Å². The Morgan fingerprint density at radius 1 is 1.00 bits per heavy atom. The Kier molecular flexibility index (Phi) is 8.11. The van der Waals surface area contributed by atoms with Gasteiger partial charge in [0.15, 0.2) is 11.6 Å². The predicted molar refractivity (Wildman–Crippen MR) is 95.6 cm³/mol. The molecule has 1 saturated carbocycles. The number of halogens is 5. The summed E-state index contributed by atoms with van der Waals surface area (Å²) in [7, 11) is 0. The van der Waals surface area contributed by atoms with Gasteiger partial charge in [-0.05, 0) is 74.5 Å². The van der Waals surface area contributed by atoms with E-state index in [0.29, 0.717) is 11.5 Å². The third-order valence-corrected chi connectivity index (χ3v) is 5.19. The van der Waals surface area contributed by atoms with E-state index < -0.39 is 23.7 Å². The number of unbranched alkanes of at least 4 members (excludes halogenated alkanes) is 2. The maximum Gasteiger partial charge on any atom is 0.573 e. The number of hydrogen-bond acceptors (Lipinski definition) is 1. The summed E-state index contributed by atoms with van der Waals surface area (Å²) >= 11 is 0. The summed E-state index contributed by atoms with van der Waals surface area (Å²) in [4.78, 5) is 0. The Morgan fingerprint density at radius 2 is 1.63 bits per heavy atom. The molecule has 0 saturated heterocycles. The third kappa shape index (κ3) is 7.15. The second kappa shape index (κ2) is 10.1. The zero-order valence-corrected chi connectivity index (χ0v) is 15.6. The van der Waals surface area contributed by atoms with Crippen molar-refractivity contribution in [1.29, 1.82) is 0 Å². The molecule has 27 heavy (non-hydrogen) atoms. The van der Waals surface area contributed by atoms with Crippen LogP contribution in [0.1, 0.15) is 76.2 Å². The predicted octanol–water partition coefficient (Wildman–Crippen LogP) is 7.66. The first-order valence-corrected chi connectivity index (χ1v) is 9.69. The van der Waals surface area contributed by atoms with Crippen molar-refractivity contribution in [1.82, 2.24) is 0 Å². The van der Waals surface area contributed by atoms with Crippen LogP contribution in [0.2, 0.25) is 0 Å². The lowest BCUT2D eigenvalue weighted by Gasteiger charge is -2.29. The highest BCUT2D eigenvalue weighted by Crippen LogP contribution is 2.40. The maximum absolute atomic E-state index is 13.9. The van der Waals surface area contributed by atoms with Crippen molar-refractivity contribution >= 4 is 0 Å². The van der Waals surface area contributed by atoms with Crippen molar-refractivity contribution in [3.05, 3.63) is 41.5 Å². The Labute approximate surface area is 157 Å². The summed E-state index contributed by atoms with van der Waals surface area (Å²) < 4.78 is 67.9. The fourth-order valence-electron chi connectivity index (χ4n) is 3.79. The second-order valence-electron chi connectivity index (χ2n) is 7.24. The van der Waals surface area contributed by atoms with E-state index in [9.17, 15) is 22.0 Å². The van der Waals surface area contributed by atoms with Gasteiger partial charge in [-0.15, -0.1) is 13.2 Å². The molecule has 6 heteroatoms. The fraction of sp³-hybridized carbons (Fsp3) is 0.619. The van der Waals surface area contributed by atoms with Gasteiger partial charge in [0.2, 0.25) is 5.75 Å². The number of ether oxygens (including phenoxy) is 1. The quantitative estimate of drug-likeness (QED) is 0.251. The molecule has 0 aromatic heterocycles. The van der Waals surface area contributed by atoms with Gasteiger partial charge in [-0.3, -0.25) is 0 Å². The number of allylic oxidation sites excluding steroid dienone is 2. The SMILES string of the molecule is CC/C=C/CCCCC1CCC(c2cc(F)c(OC(F)(F)F)c(F)c2)CC1. The standard InChI is InChI=1S/C21H27F5O/c1-2-3-4-5-6-7-8-15-9-11-16(12-10-15)17-13-18(22)20(19(23)14-17)27-21(24,25)26/h3-4,13-16H,2,5-12H2,1H3/b4-3+. The number of benzene rings is 1. The minimum atomic E-state index is -5.12. The average molecular weight is 390 g/mol. The molecule has 0 unspecified atom stereocenters. The first kappa shape index (κ1) is 21.7. The highest BCUT2D eigenvalue weighted by atomic mass is 19.4. The van der Waals surface area contributed by atoms with Crippen molar-refractivity contribution in [2.75, 3.05) is 0 Å². The summed E-state index contributed by atoms with van der Waals surface area (Å²) in [6, 6.07) is 1.96. The molecular weight excluding hydrogens is 363 g/mol. The van der Waals surface area contributed by atoms with Crippen LogP contribution in [0, 0.1) is 17.6 Å². The molecule has 1 aromatic carbocycles. The Bertz CT molecular complexity index is 592. The third-order valence-electron chi connectivity index (χ3n) is 5.19. The number of rotatable bonds is 8. The van der Waals surface area contributed by atoms with Gasteiger partial charge in [-0.25, -0.2) is 8.78 Å². The molecule has 152 valence electrons. The zero-order valence-electron chi connectivity index (χ0n) is 15.6.